The zero-order valence-corrected chi connectivity index (χ0v) is 24.9. The number of hydrogen-bond acceptors (Lipinski definition) is 8. The number of carbonyl (C=O) groups is 2. The number of ketones is 1. The molecule has 2 aromatic rings. The van der Waals surface area contributed by atoms with Gasteiger partial charge in [-0.15, -0.1) is 22.7 Å². The van der Waals surface area contributed by atoms with Crippen LogP contribution in [-0.4, -0.2) is 52.0 Å². The molecule has 2 fully saturated rings. The number of piperidine rings is 1. The fourth-order valence-electron chi connectivity index (χ4n) is 5.76. The number of likely N-dealkylation sites (tertiary alicyclic amines) is 1. The van der Waals surface area contributed by atoms with Crippen LogP contribution in [0.1, 0.15) is 61.2 Å². The van der Waals surface area contributed by atoms with Crippen molar-refractivity contribution in [2.45, 2.75) is 53.4 Å². The quantitative estimate of drug-likeness (QED) is 0.412. The van der Waals surface area contributed by atoms with Crippen molar-refractivity contribution in [3.63, 3.8) is 0 Å². The number of allylic oxidation sites excluding steroid dienone is 6. The molecule has 6 rings (SSSR count). The van der Waals surface area contributed by atoms with Crippen LogP contribution in [0.15, 0.2) is 57.9 Å². The Morgan fingerprint density at radius 1 is 1.20 bits per heavy atom. The minimum absolute atomic E-state index is 0.0489. The van der Waals surface area contributed by atoms with Gasteiger partial charge in [0.05, 0.1) is 11.6 Å². The molecule has 3 unspecified atom stereocenters. The molecular formula is C30H33FN4O3S2. The predicted octanol–water partition coefficient (Wildman–Crippen LogP) is 6.16. The van der Waals surface area contributed by atoms with Crippen LogP contribution in [-0.2, 0) is 4.74 Å². The maximum Gasteiger partial charge on any atom is 0.266 e. The van der Waals surface area contributed by atoms with Gasteiger partial charge in [-0.1, -0.05) is 33.8 Å². The number of rotatable bonds is 6. The minimum atomic E-state index is -0.302. The standard InChI is InChI=1S/C30H33FN4O3S2/c1-15-8-18(31)6-7-19(15)22-9-17(30(3,4)5)10-24(33-22)38-26-20-11-35(12-21(20)26)29(37)27-25(16(2)36)34-28(40-27)23-13-39-14-32-23/h6-7,9-10,13-15,20-21,24,26,33H,8,11-12H2,1-5H3/t15?,20-,21+,24?,26?. The Morgan fingerprint density at radius 3 is 2.58 bits per heavy atom. The Bertz CT molecular complexity index is 1470. The summed E-state index contributed by atoms with van der Waals surface area (Å²) in [5.74, 6) is 0.119. The summed E-state index contributed by atoms with van der Waals surface area (Å²) in [6, 6.07) is 0. The summed E-state index contributed by atoms with van der Waals surface area (Å²) in [6.07, 6.45) is 7.88. The zero-order chi connectivity index (χ0) is 28.3. The number of Topliss-reactive ketones (excluding diaryl/α,β-unsaturated/α-hetero) is 1. The van der Waals surface area contributed by atoms with E-state index in [1.807, 2.05) is 23.3 Å². The fourth-order valence-corrected chi connectivity index (χ4v) is 7.42. The molecule has 1 amide bonds. The van der Waals surface area contributed by atoms with E-state index in [0.29, 0.717) is 35.1 Å². The maximum absolute atomic E-state index is 13.8. The Hall–Kier alpha value is -2.95. The zero-order valence-electron chi connectivity index (χ0n) is 23.2. The average Bonchev–Trinajstić information content (AvgIpc) is 3.43. The molecule has 1 N–H and O–H groups in total. The number of thiazole rings is 2. The van der Waals surface area contributed by atoms with Crippen molar-refractivity contribution in [2.24, 2.45) is 23.2 Å². The van der Waals surface area contributed by atoms with Crippen LogP contribution in [0.2, 0.25) is 0 Å². The molecule has 7 nitrogen and oxygen atoms in total. The van der Waals surface area contributed by atoms with E-state index in [1.54, 1.807) is 11.6 Å². The first-order valence-electron chi connectivity index (χ1n) is 13.6. The Morgan fingerprint density at radius 2 is 1.95 bits per heavy atom. The minimum Gasteiger partial charge on any atom is -0.357 e. The van der Waals surface area contributed by atoms with Gasteiger partial charge in [0.2, 0.25) is 0 Å². The van der Waals surface area contributed by atoms with Gasteiger partial charge in [-0.25, -0.2) is 14.4 Å². The Labute approximate surface area is 241 Å². The highest BCUT2D eigenvalue weighted by Crippen LogP contribution is 2.49. The molecule has 0 radical (unpaired) electrons. The third-order valence-corrected chi connectivity index (χ3v) is 9.75. The Balaban J connectivity index is 1.14. The molecule has 0 aromatic carbocycles. The molecule has 2 aliphatic heterocycles. The van der Waals surface area contributed by atoms with Gasteiger partial charge in [-0.2, -0.15) is 0 Å². The van der Waals surface area contributed by atoms with Crippen molar-refractivity contribution >= 4 is 34.4 Å². The van der Waals surface area contributed by atoms with Gasteiger partial charge in [-0.05, 0) is 40.7 Å². The van der Waals surface area contributed by atoms with E-state index in [2.05, 4.69) is 48.2 Å². The van der Waals surface area contributed by atoms with Gasteiger partial charge in [0.25, 0.3) is 5.91 Å². The summed E-state index contributed by atoms with van der Waals surface area (Å²) < 4.78 is 20.4. The molecule has 2 aliphatic carbocycles. The van der Waals surface area contributed by atoms with Gasteiger partial charge in [0.1, 0.15) is 33.3 Å². The highest BCUT2D eigenvalue weighted by Gasteiger charge is 2.59. The SMILES string of the molecule is CC(=O)c1nc(-c2cscn2)sc1C(=O)N1C[C@@H]2C(OC3C=C(C(C)(C)C)C=C(C4=CC=C(F)CC4C)N3)[C@@H]2C1. The van der Waals surface area contributed by atoms with E-state index < -0.39 is 0 Å². The van der Waals surface area contributed by atoms with Crippen molar-refractivity contribution in [1.29, 1.82) is 0 Å². The van der Waals surface area contributed by atoms with Crippen LogP contribution in [0, 0.1) is 23.2 Å². The molecule has 10 heteroatoms. The summed E-state index contributed by atoms with van der Waals surface area (Å²) in [5.41, 5.74) is 5.79. The molecule has 0 spiro atoms. The van der Waals surface area contributed by atoms with E-state index in [1.165, 1.54) is 35.2 Å². The van der Waals surface area contributed by atoms with E-state index >= 15 is 0 Å². The smallest absolute Gasteiger partial charge is 0.266 e. The number of nitrogens with one attached hydrogen (secondary N) is 1. The van der Waals surface area contributed by atoms with Crippen LogP contribution in [0.3, 0.4) is 0 Å². The summed E-state index contributed by atoms with van der Waals surface area (Å²) in [6.45, 7) is 11.2. The maximum atomic E-state index is 13.8. The molecule has 2 aromatic heterocycles. The predicted molar refractivity (Wildman–Crippen MR) is 155 cm³/mol. The highest BCUT2D eigenvalue weighted by atomic mass is 32.1. The number of ether oxygens (including phenoxy) is 1. The van der Waals surface area contributed by atoms with Crippen molar-refractivity contribution in [1.82, 2.24) is 20.2 Å². The summed E-state index contributed by atoms with van der Waals surface area (Å²) in [7, 11) is 0. The molecule has 0 bridgehead atoms. The largest absolute Gasteiger partial charge is 0.357 e. The molecule has 4 aliphatic rings. The normalized spacial score (nSPS) is 27.8. The van der Waals surface area contributed by atoms with Crippen LogP contribution >= 0.6 is 22.7 Å². The number of carbonyl (C=O) groups excluding carboxylic acids is 2. The van der Waals surface area contributed by atoms with Gasteiger partial charge in [-0.3, -0.25) is 9.59 Å². The second-order valence-corrected chi connectivity index (χ2v) is 13.8. The van der Waals surface area contributed by atoms with Crippen molar-refractivity contribution in [3.8, 4) is 10.7 Å². The lowest BCUT2D eigenvalue weighted by molar-refractivity contribution is 0.0263. The second kappa shape index (κ2) is 10.2. The number of hydrogen-bond donors (Lipinski definition) is 1. The van der Waals surface area contributed by atoms with Crippen LogP contribution in [0.25, 0.3) is 10.7 Å². The molecule has 1 saturated heterocycles. The molecule has 1 saturated carbocycles. The third-order valence-electron chi connectivity index (χ3n) is 8.09. The molecule has 4 heterocycles. The van der Waals surface area contributed by atoms with Gasteiger partial charge < -0.3 is 15.0 Å². The highest BCUT2D eigenvalue weighted by molar-refractivity contribution is 7.17. The topological polar surface area (TPSA) is 84.4 Å². The van der Waals surface area contributed by atoms with Crippen molar-refractivity contribution in [3.05, 3.63) is 68.4 Å². The first kappa shape index (κ1) is 27.2. The third kappa shape index (κ3) is 5.12. The van der Waals surface area contributed by atoms with E-state index in [4.69, 9.17) is 4.74 Å². The number of nitrogens with zero attached hydrogens (tertiary/aromatic N) is 3. The van der Waals surface area contributed by atoms with Crippen molar-refractivity contribution in [2.75, 3.05) is 13.1 Å². The van der Waals surface area contributed by atoms with E-state index in [-0.39, 0.29) is 58.7 Å². The average molecular weight is 581 g/mol. The second-order valence-electron chi connectivity index (χ2n) is 12.1. The first-order chi connectivity index (χ1) is 19.0. The molecule has 5 atom stereocenters. The number of halogens is 1. The van der Waals surface area contributed by atoms with Gasteiger partial charge >= 0.3 is 0 Å². The molecule has 210 valence electrons. The van der Waals surface area contributed by atoms with E-state index in [0.717, 1.165) is 11.3 Å². The number of amides is 1. The first-order valence-corrected chi connectivity index (χ1v) is 15.4. The summed E-state index contributed by atoms with van der Waals surface area (Å²) in [5, 5.41) is 6.00. The number of aromatic nitrogens is 2. The summed E-state index contributed by atoms with van der Waals surface area (Å²) in [4.78, 5) is 36.7. The Kier molecular flexibility index (Phi) is 6.91. The van der Waals surface area contributed by atoms with E-state index in [9.17, 15) is 14.0 Å². The van der Waals surface area contributed by atoms with Gasteiger partial charge in [0.15, 0.2) is 5.78 Å². The number of fused-ring (bicyclic) bond motifs is 1. The monoisotopic (exact) mass is 580 g/mol. The number of dihydropyridines is 1. The molecular weight excluding hydrogens is 547 g/mol. The van der Waals surface area contributed by atoms with Crippen LogP contribution in [0.4, 0.5) is 4.39 Å². The lowest BCUT2D eigenvalue weighted by Crippen LogP contribution is -2.38. The van der Waals surface area contributed by atoms with Crippen molar-refractivity contribution < 1.29 is 18.7 Å². The van der Waals surface area contributed by atoms with Crippen LogP contribution in [0.5, 0.6) is 0 Å². The van der Waals surface area contributed by atoms with Gasteiger partial charge in [0, 0.05) is 49.3 Å². The van der Waals surface area contributed by atoms with Crippen LogP contribution < -0.4 is 5.32 Å². The molecule has 40 heavy (non-hydrogen) atoms. The fraction of sp³-hybridized carbons (Fsp3) is 0.467. The lowest BCUT2D eigenvalue weighted by Gasteiger charge is -2.33. The summed E-state index contributed by atoms with van der Waals surface area (Å²) >= 11 is 2.69. The lowest BCUT2D eigenvalue weighted by atomic mass is 9.82.